The molecule has 0 spiro atoms. The van der Waals surface area contributed by atoms with Crippen molar-refractivity contribution < 1.29 is 19.1 Å². The molecule has 3 rings (SSSR count). The fourth-order valence-corrected chi connectivity index (χ4v) is 4.21. The maximum Gasteiger partial charge on any atom is 0.261 e. The Kier molecular flexibility index (Phi) is 10.1. The minimum Gasteiger partial charge on any atom is -0.497 e. The third-order valence-electron chi connectivity index (χ3n) is 6.32. The number of nitrogens with one attached hydrogen (secondary N) is 1. The summed E-state index contributed by atoms with van der Waals surface area (Å²) in [7, 11) is 1.61. The predicted molar refractivity (Wildman–Crippen MR) is 147 cm³/mol. The van der Waals surface area contributed by atoms with Gasteiger partial charge in [0.1, 0.15) is 17.5 Å². The number of rotatable bonds is 12. The van der Waals surface area contributed by atoms with Crippen molar-refractivity contribution in [1.29, 1.82) is 0 Å². The Bertz CT molecular complexity index is 1160. The normalized spacial score (nSPS) is 12.4. The maximum atomic E-state index is 13.7. The lowest BCUT2D eigenvalue weighted by Crippen LogP contribution is -2.53. The van der Waals surface area contributed by atoms with Crippen molar-refractivity contribution in [3.8, 4) is 11.5 Å². The summed E-state index contributed by atoms with van der Waals surface area (Å²) in [6, 6.07) is 22.5. The molecule has 0 heterocycles. The molecule has 0 bridgehead atoms. The van der Waals surface area contributed by atoms with Crippen LogP contribution in [0, 0.1) is 13.8 Å². The lowest BCUT2D eigenvalue weighted by Gasteiger charge is -2.32. The Morgan fingerprint density at radius 2 is 1.57 bits per heavy atom. The van der Waals surface area contributed by atoms with Crippen molar-refractivity contribution in [2.24, 2.45) is 0 Å². The number of benzene rings is 3. The molecule has 3 aromatic rings. The monoisotopic (exact) mass is 502 g/mol. The van der Waals surface area contributed by atoms with E-state index in [-0.39, 0.29) is 31.0 Å². The number of ether oxygens (including phenoxy) is 2. The predicted octanol–water partition coefficient (Wildman–Crippen LogP) is 5.25. The van der Waals surface area contributed by atoms with Gasteiger partial charge in [0.2, 0.25) is 5.91 Å². The number of methoxy groups -OCH3 is 1. The van der Waals surface area contributed by atoms with Crippen LogP contribution in [0.25, 0.3) is 0 Å². The fourth-order valence-electron chi connectivity index (χ4n) is 4.21. The summed E-state index contributed by atoms with van der Waals surface area (Å²) in [5.41, 5.74) is 3.97. The first-order valence-corrected chi connectivity index (χ1v) is 12.8. The molecule has 37 heavy (non-hydrogen) atoms. The van der Waals surface area contributed by atoms with E-state index >= 15 is 0 Å². The number of amides is 2. The summed E-state index contributed by atoms with van der Waals surface area (Å²) in [4.78, 5) is 28.9. The molecule has 6 heteroatoms. The number of hydrogen-bond acceptors (Lipinski definition) is 4. The van der Waals surface area contributed by atoms with Gasteiger partial charge >= 0.3 is 0 Å². The molecule has 2 amide bonds. The average Bonchev–Trinajstić information content (AvgIpc) is 2.89. The van der Waals surface area contributed by atoms with Gasteiger partial charge in [0.05, 0.1) is 7.11 Å². The smallest absolute Gasteiger partial charge is 0.261 e. The van der Waals surface area contributed by atoms with Gasteiger partial charge in [-0.05, 0) is 73.7 Å². The van der Waals surface area contributed by atoms with E-state index in [1.807, 2.05) is 94.4 Å². The van der Waals surface area contributed by atoms with Gasteiger partial charge in [-0.2, -0.15) is 0 Å². The van der Waals surface area contributed by atoms with Crippen LogP contribution in [0.15, 0.2) is 72.8 Å². The van der Waals surface area contributed by atoms with Crippen LogP contribution in [-0.4, -0.2) is 42.5 Å². The number of hydrogen-bond donors (Lipinski definition) is 1. The second-order valence-electron chi connectivity index (χ2n) is 9.51. The molecular weight excluding hydrogens is 464 g/mol. The Balaban J connectivity index is 1.94. The molecule has 2 atom stereocenters. The quantitative estimate of drug-likeness (QED) is 0.368. The summed E-state index contributed by atoms with van der Waals surface area (Å²) in [5.74, 6) is 0.888. The van der Waals surface area contributed by atoms with Crippen molar-refractivity contribution in [2.45, 2.75) is 59.2 Å². The SMILES string of the molecule is CC[C@H](C)NC(=O)[C@@H](Cc1ccccc1)N(Cc1cccc(OC)c1)C(=O)COc1cc(C)cc(C)c1. The minimum atomic E-state index is -0.710. The van der Waals surface area contributed by atoms with E-state index in [0.29, 0.717) is 17.9 Å². The highest BCUT2D eigenvalue weighted by Crippen LogP contribution is 2.20. The second-order valence-corrected chi connectivity index (χ2v) is 9.51. The summed E-state index contributed by atoms with van der Waals surface area (Å²) in [5, 5.41) is 3.08. The van der Waals surface area contributed by atoms with Crippen LogP contribution in [0.2, 0.25) is 0 Å². The van der Waals surface area contributed by atoms with E-state index in [2.05, 4.69) is 11.4 Å². The van der Waals surface area contributed by atoms with Crippen LogP contribution in [0.5, 0.6) is 11.5 Å². The second kappa shape index (κ2) is 13.5. The largest absolute Gasteiger partial charge is 0.497 e. The van der Waals surface area contributed by atoms with E-state index in [9.17, 15) is 9.59 Å². The average molecular weight is 503 g/mol. The summed E-state index contributed by atoms with van der Waals surface area (Å²) >= 11 is 0. The van der Waals surface area contributed by atoms with Crippen molar-refractivity contribution in [3.05, 3.63) is 95.1 Å². The number of nitrogens with zero attached hydrogens (tertiary/aromatic N) is 1. The molecule has 0 fully saturated rings. The van der Waals surface area contributed by atoms with E-state index in [0.717, 1.165) is 28.7 Å². The molecule has 196 valence electrons. The number of aryl methyl sites for hydroxylation is 2. The van der Waals surface area contributed by atoms with Gasteiger partial charge in [-0.1, -0.05) is 55.5 Å². The highest BCUT2D eigenvalue weighted by atomic mass is 16.5. The van der Waals surface area contributed by atoms with Crippen LogP contribution >= 0.6 is 0 Å². The molecule has 0 saturated carbocycles. The summed E-state index contributed by atoms with van der Waals surface area (Å²) < 4.78 is 11.3. The zero-order chi connectivity index (χ0) is 26.8. The Hall–Kier alpha value is -3.80. The molecule has 0 aromatic heterocycles. The minimum absolute atomic E-state index is 0.00827. The maximum absolute atomic E-state index is 13.7. The molecular formula is C31H38N2O4. The third kappa shape index (κ3) is 8.38. The van der Waals surface area contributed by atoms with Crippen molar-refractivity contribution in [3.63, 3.8) is 0 Å². The van der Waals surface area contributed by atoms with Gasteiger partial charge in [-0.25, -0.2) is 0 Å². The first-order chi connectivity index (χ1) is 17.8. The topological polar surface area (TPSA) is 67.9 Å². The third-order valence-corrected chi connectivity index (χ3v) is 6.32. The van der Waals surface area contributed by atoms with Crippen LogP contribution < -0.4 is 14.8 Å². The van der Waals surface area contributed by atoms with E-state index < -0.39 is 6.04 Å². The van der Waals surface area contributed by atoms with Gasteiger partial charge in [-0.15, -0.1) is 0 Å². The molecule has 3 aromatic carbocycles. The number of carbonyl (C=O) groups is 2. The summed E-state index contributed by atoms with van der Waals surface area (Å²) in [6.07, 6.45) is 1.19. The Morgan fingerprint density at radius 3 is 2.22 bits per heavy atom. The molecule has 0 unspecified atom stereocenters. The van der Waals surface area contributed by atoms with Crippen molar-refractivity contribution >= 4 is 11.8 Å². The highest BCUT2D eigenvalue weighted by Gasteiger charge is 2.31. The van der Waals surface area contributed by atoms with Crippen LogP contribution in [0.3, 0.4) is 0 Å². The molecule has 1 N–H and O–H groups in total. The van der Waals surface area contributed by atoms with Crippen molar-refractivity contribution in [1.82, 2.24) is 10.2 Å². The molecule has 0 aliphatic rings. The molecule has 0 aliphatic carbocycles. The van der Waals surface area contributed by atoms with Crippen LogP contribution in [0.1, 0.15) is 42.5 Å². The van der Waals surface area contributed by atoms with Gasteiger partial charge in [0.15, 0.2) is 6.61 Å². The lowest BCUT2D eigenvalue weighted by molar-refractivity contribution is -0.143. The first kappa shape index (κ1) is 27.8. The van der Waals surface area contributed by atoms with Gasteiger partial charge in [-0.3, -0.25) is 9.59 Å². The van der Waals surface area contributed by atoms with E-state index in [1.165, 1.54) is 0 Å². The van der Waals surface area contributed by atoms with E-state index in [4.69, 9.17) is 9.47 Å². The molecule has 0 saturated heterocycles. The Labute approximate surface area is 220 Å². The number of carbonyl (C=O) groups excluding carboxylic acids is 2. The van der Waals surface area contributed by atoms with E-state index in [1.54, 1.807) is 12.0 Å². The zero-order valence-electron chi connectivity index (χ0n) is 22.5. The molecule has 0 aliphatic heterocycles. The fraction of sp³-hybridized carbons (Fsp3) is 0.355. The molecule has 0 radical (unpaired) electrons. The Morgan fingerprint density at radius 1 is 0.892 bits per heavy atom. The van der Waals surface area contributed by atoms with Gasteiger partial charge in [0, 0.05) is 19.0 Å². The zero-order valence-corrected chi connectivity index (χ0v) is 22.5. The molecule has 6 nitrogen and oxygen atoms in total. The van der Waals surface area contributed by atoms with Crippen LogP contribution in [-0.2, 0) is 22.6 Å². The summed E-state index contributed by atoms with van der Waals surface area (Å²) in [6.45, 7) is 8.05. The van der Waals surface area contributed by atoms with Gasteiger partial charge in [0.25, 0.3) is 5.91 Å². The van der Waals surface area contributed by atoms with Crippen LogP contribution in [0.4, 0.5) is 0 Å². The first-order valence-electron chi connectivity index (χ1n) is 12.8. The standard InChI is InChI=1S/C31H38N2O4/c1-6-24(4)32-31(35)29(19-25-11-8-7-9-12-25)33(20-26-13-10-14-27(18-26)36-5)30(34)21-37-28-16-22(2)15-23(3)17-28/h7-18,24,29H,6,19-21H2,1-5H3,(H,32,35)/t24-,29+/m0/s1. The highest BCUT2D eigenvalue weighted by molar-refractivity contribution is 5.88. The lowest BCUT2D eigenvalue weighted by atomic mass is 10.0. The van der Waals surface area contributed by atoms with Crippen molar-refractivity contribution in [2.75, 3.05) is 13.7 Å². The van der Waals surface area contributed by atoms with Gasteiger partial charge < -0.3 is 19.7 Å².